The summed E-state index contributed by atoms with van der Waals surface area (Å²) in [6.45, 7) is 1.35. The molecule has 0 aliphatic carbocycles. The van der Waals surface area contributed by atoms with Gasteiger partial charge in [0.25, 0.3) is 0 Å². The number of β-amino-alcohol motifs (C(OH)–C–C–N with tert-alkyl or cyclic N) is 1. The Bertz CT molecular complexity index is 442. The lowest BCUT2D eigenvalue weighted by Crippen LogP contribution is -2.25. The second kappa shape index (κ2) is 5.85. The lowest BCUT2D eigenvalue weighted by Gasteiger charge is -2.23. The number of aliphatic hydroxyl groups excluding tert-OH is 1. The molecule has 0 unspecified atom stereocenters. The maximum Gasteiger partial charge on any atom is 0.119 e. The molecule has 1 saturated heterocycles. The van der Waals surface area contributed by atoms with E-state index in [9.17, 15) is 5.11 Å². The van der Waals surface area contributed by atoms with Crippen molar-refractivity contribution in [2.45, 2.75) is 25.0 Å². The Kier molecular flexibility index (Phi) is 4.19. The van der Waals surface area contributed by atoms with Crippen molar-refractivity contribution < 1.29 is 9.84 Å². The summed E-state index contributed by atoms with van der Waals surface area (Å²) in [5, 5.41) is 18.5. The fourth-order valence-corrected chi connectivity index (χ4v) is 2.52. The molecule has 4 nitrogen and oxygen atoms in total. The van der Waals surface area contributed by atoms with Crippen molar-refractivity contribution in [1.82, 2.24) is 4.90 Å². The maximum absolute atomic E-state index is 9.80. The summed E-state index contributed by atoms with van der Waals surface area (Å²) in [7, 11) is 1.65. The van der Waals surface area contributed by atoms with Crippen LogP contribution < -0.4 is 4.74 Å². The van der Waals surface area contributed by atoms with E-state index in [4.69, 9.17) is 10.00 Å². The van der Waals surface area contributed by atoms with Crippen LogP contribution in [0, 0.1) is 11.3 Å². The van der Waals surface area contributed by atoms with Crippen LogP contribution in [0.25, 0.3) is 0 Å². The van der Waals surface area contributed by atoms with Gasteiger partial charge in [0.15, 0.2) is 0 Å². The number of hydrogen-bond donors (Lipinski definition) is 1. The summed E-state index contributed by atoms with van der Waals surface area (Å²) < 4.78 is 5.22. The first kappa shape index (κ1) is 12.9. The predicted octanol–water partition coefficient (Wildman–Crippen LogP) is 1.72. The highest BCUT2D eigenvalue weighted by Crippen LogP contribution is 2.33. The molecule has 4 heteroatoms. The van der Waals surface area contributed by atoms with Crippen molar-refractivity contribution in [1.29, 1.82) is 5.26 Å². The van der Waals surface area contributed by atoms with Crippen molar-refractivity contribution in [3.8, 4) is 11.8 Å². The van der Waals surface area contributed by atoms with Crippen molar-refractivity contribution in [3.05, 3.63) is 29.8 Å². The number of benzene rings is 1. The zero-order chi connectivity index (χ0) is 13.0. The van der Waals surface area contributed by atoms with E-state index in [1.165, 1.54) is 0 Å². The largest absolute Gasteiger partial charge is 0.497 e. The normalized spacial score (nSPS) is 23.8. The second-order valence-electron chi connectivity index (χ2n) is 4.58. The Hall–Kier alpha value is -1.57. The first-order chi connectivity index (χ1) is 8.74. The molecule has 2 rings (SSSR count). The molecule has 0 saturated carbocycles. The van der Waals surface area contributed by atoms with E-state index in [0.717, 1.165) is 17.7 Å². The van der Waals surface area contributed by atoms with Gasteiger partial charge in [0.2, 0.25) is 0 Å². The van der Waals surface area contributed by atoms with Crippen molar-refractivity contribution in [3.63, 3.8) is 0 Å². The Morgan fingerprint density at radius 2 is 2.39 bits per heavy atom. The molecule has 0 amide bonds. The minimum atomic E-state index is -0.306. The SMILES string of the molecule is COc1cccc([C@H]2C[C@@H](O)CN2CCC#N)c1. The number of aliphatic hydroxyl groups is 1. The topological polar surface area (TPSA) is 56.5 Å². The number of nitriles is 1. The molecular formula is C14H18N2O2. The zero-order valence-electron chi connectivity index (χ0n) is 10.5. The molecule has 0 bridgehead atoms. The van der Waals surface area contributed by atoms with Crippen LogP contribution in [-0.2, 0) is 0 Å². The molecule has 0 spiro atoms. The van der Waals surface area contributed by atoms with Crippen LogP contribution in [0.15, 0.2) is 24.3 Å². The van der Waals surface area contributed by atoms with E-state index in [0.29, 0.717) is 19.5 Å². The van der Waals surface area contributed by atoms with Crippen molar-refractivity contribution in [2.75, 3.05) is 20.2 Å². The minimum Gasteiger partial charge on any atom is -0.497 e. The molecule has 1 heterocycles. The van der Waals surface area contributed by atoms with Gasteiger partial charge in [-0.1, -0.05) is 12.1 Å². The van der Waals surface area contributed by atoms with Gasteiger partial charge in [-0.3, -0.25) is 4.90 Å². The molecule has 0 radical (unpaired) electrons. The third kappa shape index (κ3) is 2.81. The predicted molar refractivity (Wildman–Crippen MR) is 68.2 cm³/mol. The highest BCUT2D eigenvalue weighted by atomic mass is 16.5. The van der Waals surface area contributed by atoms with E-state index in [2.05, 4.69) is 11.0 Å². The summed E-state index contributed by atoms with van der Waals surface area (Å²) in [5.74, 6) is 0.828. The molecule has 1 aromatic carbocycles. The molecule has 1 N–H and O–H groups in total. The summed E-state index contributed by atoms with van der Waals surface area (Å²) in [6, 6.07) is 10.3. The van der Waals surface area contributed by atoms with Gasteiger partial charge >= 0.3 is 0 Å². The number of likely N-dealkylation sites (tertiary alicyclic amines) is 1. The highest BCUT2D eigenvalue weighted by molar-refractivity contribution is 5.31. The summed E-state index contributed by atoms with van der Waals surface area (Å²) in [5.41, 5.74) is 1.14. The lowest BCUT2D eigenvalue weighted by molar-refractivity contribution is 0.176. The molecule has 2 atom stereocenters. The smallest absolute Gasteiger partial charge is 0.119 e. The van der Waals surface area contributed by atoms with Crippen LogP contribution in [0.1, 0.15) is 24.4 Å². The molecular weight excluding hydrogens is 228 g/mol. The molecule has 1 aliphatic heterocycles. The first-order valence-corrected chi connectivity index (χ1v) is 6.17. The van der Waals surface area contributed by atoms with Crippen LogP contribution in [-0.4, -0.2) is 36.3 Å². The van der Waals surface area contributed by atoms with Crippen molar-refractivity contribution in [2.24, 2.45) is 0 Å². The van der Waals surface area contributed by atoms with E-state index in [-0.39, 0.29) is 12.1 Å². The van der Waals surface area contributed by atoms with Crippen LogP contribution in [0.5, 0.6) is 5.75 Å². The minimum absolute atomic E-state index is 0.184. The Labute approximate surface area is 107 Å². The number of nitrogens with zero attached hydrogens (tertiary/aromatic N) is 2. The summed E-state index contributed by atoms with van der Waals surface area (Å²) in [6.07, 6.45) is 0.908. The second-order valence-corrected chi connectivity index (χ2v) is 4.58. The molecule has 1 aromatic rings. The monoisotopic (exact) mass is 246 g/mol. The quantitative estimate of drug-likeness (QED) is 0.878. The van der Waals surface area contributed by atoms with Crippen LogP contribution in [0.2, 0.25) is 0 Å². The molecule has 18 heavy (non-hydrogen) atoms. The van der Waals surface area contributed by atoms with E-state index in [1.807, 2.05) is 24.3 Å². The number of ether oxygens (including phenoxy) is 1. The summed E-state index contributed by atoms with van der Waals surface area (Å²) >= 11 is 0. The van der Waals surface area contributed by atoms with Gasteiger partial charge in [0.1, 0.15) is 5.75 Å². The van der Waals surface area contributed by atoms with Gasteiger partial charge < -0.3 is 9.84 Å². The highest BCUT2D eigenvalue weighted by Gasteiger charge is 2.31. The fourth-order valence-electron chi connectivity index (χ4n) is 2.52. The third-order valence-corrected chi connectivity index (χ3v) is 3.37. The Morgan fingerprint density at radius 3 is 3.11 bits per heavy atom. The lowest BCUT2D eigenvalue weighted by atomic mass is 10.0. The van der Waals surface area contributed by atoms with Crippen molar-refractivity contribution >= 4 is 0 Å². The van der Waals surface area contributed by atoms with E-state index < -0.39 is 0 Å². The third-order valence-electron chi connectivity index (χ3n) is 3.37. The van der Waals surface area contributed by atoms with Gasteiger partial charge in [-0.2, -0.15) is 5.26 Å². The van der Waals surface area contributed by atoms with Gasteiger partial charge in [0.05, 0.1) is 19.3 Å². The van der Waals surface area contributed by atoms with Gasteiger partial charge in [-0.25, -0.2) is 0 Å². The zero-order valence-corrected chi connectivity index (χ0v) is 10.5. The van der Waals surface area contributed by atoms with Crippen LogP contribution >= 0.6 is 0 Å². The number of rotatable bonds is 4. The molecule has 96 valence electrons. The van der Waals surface area contributed by atoms with Crippen LogP contribution in [0.4, 0.5) is 0 Å². The molecule has 0 aromatic heterocycles. The number of hydrogen-bond acceptors (Lipinski definition) is 4. The average Bonchev–Trinajstić information content (AvgIpc) is 2.77. The number of methoxy groups -OCH3 is 1. The first-order valence-electron chi connectivity index (χ1n) is 6.17. The van der Waals surface area contributed by atoms with Gasteiger partial charge in [-0.05, 0) is 24.1 Å². The van der Waals surface area contributed by atoms with Gasteiger partial charge in [-0.15, -0.1) is 0 Å². The standard InChI is InChI=1S/C14H18N2O2/c1-18-13-5-2-4-11(8-13)14-9-12(17)10-16(14)7-3-6-15/h2,4-5,8,12,14,17H,3,7,9-10H2,1H3/t12-,14-/m1/s1. The van der Waals surface area contributed by atoms with E-state index in [1.54, 1.807) is 7.11 Å². The Morgan fingerprint density at radius 1 is 1.56 bits per heavy atom. The maximum atomic E-state index is 9.80. The van der Waals surface area contributed by atoms with Crippen LogP contribution in [0.3, 0.4) is 0 Å². The molecule has 1 aliphatic rings. The van der Waals surface area contributed by atoms with Gasteiger partial charge in [0, 0.05) is 25.6 Å². The van der Waals surface area contributed by atoms with E-state index >= 15 is 0 Å². The molecule has 1 fully saturated rings. The fraction of sp³-hybridized carbons (Fsp3) is 0.500. The summed E-state index contributed by atoms with van der Waals surface area (Å²) in [4.78, 5) is 2.17. The Balaban J connectivity index is 2.16. The average molecular weight is 246 g/mol.